The summed E-state index contributed by atoms with van der Waals surface area (Å²) >= 11 is 5.25. The van der Waals surface area contributed by atoms with Gasteiger partial charge in [-0.2, -0.15) is 5.26 Å². The second-order valence-corrected chi connectivity index (χ2v) is 4.54. The molecule has 0 amide bonds. The highest BCUT2D eigenvalue weighted by Gasteiger charge is 2.11. The van der Waals surface area contributed by atoms with Crippen molar-refractivity contribution in [1.82, 2.24) is 0 Å². The van der Waals surface area contributed by atoms with Gasteiger partial charge in [0, 0.05) is 9.13 Å². The Labute approximate surface area is 105 Å². The van der Waals surface area contributed by atoms with Crippen molar-refractivity contribution in [1.29, 1.82) is 5.26 Å². The molecule has 0 aromatic heterocycles. The fraction of sp³-hybridized carbons (Fsp3) is 0.200. The summed E-state index contributed by atoms with van der Waals surface area (Å²) in [5.41, 5.74) is 1.97. The lowest BCUT2D eigenvalue weighted by Gasteiger charge is -2.04. The second-order valence-electron chi connectivity index (χ2n) is 2.82. The Balaban J connectivity index is 3.36. The van der Waals surface area contributed by atoms with Crippen molar-refractivity contribution in [3.05, 3.63) is 32.4 Å². The first-order valence-corrected chi connectivity index (χ1v) is 6.09. The van der Waals surface area contributed by atoms with Gasteiger partial charge in [-0.15, -0.1) is 0 Å². The number of hydrogen-bond acceptors (Lipinski definition) is 2. The van der Waals surface area contributed by atoms with Gasteiger partial charge in [0.05, 0.1) is 17.0 Å². The molecule has 14 heavy (non-hydrogen) atoms. The van der Waals surface area contributed by atoms with Crippen LogP contribution in [0.3, 0.4) is 0 Å². The molecule has 0 radical (unpaired) electrons. The van der Waals surface area contributed by atoms with E-state index in [1.54, 1.807) is 12.1 Å². The quantitative estimate of drug-likeness (QED) is 0.460. The first kappa shape index (κ1) is 11.7. The first-order valence-electron chi connectivity index (χ1n) is 3.89. The number of aryl methyl sites for hydroxylation is 1. The zero-order valence-corrected chi connectivity index (χ0v) is 11.2. The minimum absolute atomic E-state index is 0.0546. The molecule has 0 saturated heterocycles. The topological polar surface area (TPSA) is 40.9 Å². The van der Waals surface area contributed by atoms with Crippen LogP contribution in [0.25, 0.3) is 0 Å². The number of Topliss-reactive ketones (excluding diaryl/α,β-unsaturated/α-hetero) is 1. The zero-order chi connectivity index (χ0) is 10.7. The number of nitriles is 1. The van der Waals surface area contributed by atoms with Gasteiger partial charge in [-0.3, -0.25) is 4.79 Å². The Morgan fingerprint density at radius 2 is 2.29 bits per heavy atom. The Kier molecular flexibility index (Phi) is 4.08. The van der Waals surface area contributed by atoms with Gasteiger partial charge in [-0.1, -0.05) is 15.9 Å². The first-order chi connectivity index (χ1) is 6.60. The lowest BCUT2D eigenvalue weighted by atomic mass is 10.0. The largest absolute Gasteiger partial charge is 0.293 e. The predicted molar refractivity (Wildman–Crippen MR) is 66.7 cm³/mol. The summed E-state index contributed by atoms with van der Waals surface area (Å²) in [6, 6.07) is 5.54. The third-order valence-corrected chi connectivity index (χ3v) is 3.51. The van der Waals surface area contributed by atoms with Crippen molar-refractivity contribution in [2.24, 2.45) is 0 Å². The molecule has 72 valence electrons. The summed E-state index contributed by atoms with van der Waals surface area (Å²) in [4.78, 5) is 11.5. The van der Waals surface area contributed by atoms with Crippen LogP contribution in [0, 0.1) is 21.8 Å². The maximum atomic E-state index is 11.5. The van der Waals surface area contributed by atoms with Gasteiger partial charge >= 0.3 is 0 Å². The van der Waals surface area contributed by atoms with E-state index in [1.807, 2.05) is 13.0 Å². The van der Waals surface area contributed by atoms with E-state index in [-0.39, 0.29) is 11.1 Å². The van der Waals surface area contributed by atoms with Gasteiger partial charge < -0.3 is 0 Å². The summed E-state index contributed by atoms with van der Waals surface area (Å²) in [6.07, 6.45) is 0. The van der Waals surface area contributed by atoms with Crippen LogP contribution >= 0.6 is 38.5 Å². The van der Waals surface area contributed by atoms with Crippen molar-refractivity contribution in [3.63, 3.8) is 0 Å². The third kappa shape index (κ3) is 2.34. The fourth-order valence-electron chi connectivity index (χ4n) is 1.08. The van der Waals surface area contributed by atoms with Crippen molar-refractivity contribution in [2.45, 2.75) is 6.92 Å². The molecule has 0 atom stereocenters. The number of benzene rings is 1. The molecular weight excluding hydrogens is 357 g/mol. The molecule has 4 heteroatoms. The molecule has 0 bridgehead atoms. The van der Waals surface area contributed by atoms with Crippen LogP contribution < -0.4 is 0 Å². The number of carbonyl (C=O) groups excluding carboxylic acids is 1. The van der Waals surface area contributed by atoms with E-state index in [4.69, 9.17) is 5.26 Å². The van der Waals surface area contributed by atoms with E-state index >= 15 is 0 Å². The summed E-state index contributed by atoms with van der Waals surface area (Å²) in [5.74, 6) is -0.0546. The van der Waals surface area contributed by atoms with Crippen molar-refractivity contribution >= 4 is 44.3 Å². The van der Waals surface area contributed by atoms with Crippen molar-refractivity contribution in [3.8, 4) is 6.07 Å². The maximum Gasteiger partial charge on any atom is 0.174 e. The van der Waals surface area contributed by atoms with E-state index in [2.05, 4.69) is 38.5 Å². The fourth-order valence-corrected chi connectivity index (χ4v) is 1.85. The molecule has 0 unspecified atom stereocenters. The Hall–Kier alpha value is -0.410. The number of ketones is 1. The molecule has 0 spiro atoms. The number of alkyl halides is 1. The van der Waals surface area contributed by atoms with Crippen LogP contribution in [0.1, 0.15) is 21.5 Å². The standard InChI is InChI=1S/C10H7BrINO/c1-6-2-8(10(14)4-11)7(5-13)3-9(6)12/h2-3H,4H2,1H3. The summed E-state index contributed by atoms with van der Waals surface area (Å²) in [5, 5.41) is 9.11. The van der Waals surface area contributed by atoms with Crippen molar-refractivity contribution < 1.29 is 4.79 Å². The van der Waals surface area contributed by atoms with Gasteiger partial charge in [0.15, 0.2) is 5.78 Å². The molecule has 0 aliphatic carbocycles. The van der Waals surface area contributed by atoms with Gasteiger partial charge in [0.2, 0.25) is 0 Å². The average Bonchev–Trinajstić information content (AvgIpc) is 2.20. The van der Waals surface area contributed by atoms with Gasteiger partial charge in [0.1, 0.15) is 0 Å². The van der Waals surface area contributed by atoms with Crippen LogP contribution in [0.5, 0.6) is 0 Å². The molecule has 2 nitrogen and oxygen atoms in total. The van der Waals surface area contributed by atoms with Gasteiger partial charge in [-0.25, -0.2) is 0 Å². The number of halogens is 2. The molecule has 0 N–H and O–H groups in total. The number of nitrogens with zero attached hydrogens (tertiary/aromatic N) is 1. The molecule has 0 aliphatic heterocycles. The highest BCUT2D eigenvalue weighted by atomic mass is 127. The summed E-state index contributed by atoms with van der Waals surface area (Å²) < 4.78 is 1.00. The van der Waals surface area contributed by atoms with Crippen molar-refractivity contribution in [2.75, 3.05) is 5.33 Å². The molecule has 0 heterocycles. The van der Waals surface area contributed by atoms with Gasteiger partial charge in [-0.05, 0) is 47.2 Å². The van der Waals surface area contributed by atoms with E-state index in [0.29, 0.717) is 11.1 Å². The Morgan fingerprint density at radius 3 is 2.79 bits per heavy atom. The highest BCUT2D eigenvalue weighted by molar-refractivity contribution is 14.1. The number of hydrogen-bond donors (Lipinski definition) is 0. The summed E-state index contributed by atoms with van der Waals surface area (Å²) in [6.45, 7) is 1.92. The Morgan fingerprint density at radius 1 is 1.64 bits per heavy atom. The molecule has 1 rings (SSSR count). The lowest BCUT2D eigenvalue weighted by Crippen LogP contribution is -2.04. The summed E-state index contributed by atoms with van der Waals surface area (Å²) in [7, 11) is 0. The highest BCUT2D eigenvalue weighted by Crippen LogP contribution is 2.18. The van der Waals surface area contributed by atoms with E-state index < -0.39 is 0 Å². The normalized spacial score (nSPS) is 9.57. The van der Waals surface area contributed by atoms with Gasteiger partial charge in [0.25, 0.3) is 0 Å². The van der Waals surface area contributed by atoms with E-state index in [1.165, 1.54) is 0 Å². The average molecular weight is 364 g/mol. The maximum absolute atomic E-state index is 11.5. The molecule has 0 aliphatic rings. The SMILES string of the molecule is Cc1cc(C(=O)CBr)c(C#N)cc1I. The van der Waals surface area contributed by atoms with E-state index in [0.717, 1.165) is 9.13 Å². The van der Waals surface area contributed by atoms with Crippen LogP contribution in [0.2, 0.25) is 0 Å². The second kappa shape index (κ2) is 4.89. The molecule has 0 saturated carbocycles. The predicted octanol–water partition coefficient (Wildman–Crippen LogP) is 3.05. The lowest BCUT2D eigenvalue weighted by molar-refractivity contribution is 0.102. The van der Waals surface area contributed by atoms with Crippen LogP contribution in [0.15, 0.2) is 12.1 Å². The molecular formula is C10H7BrINO. The van der Waals surface area contributed by atoms with Crippen LogP contribution in [-0.4, -0.2) is 11.1 Å². The van der Waals surface area contributed by atoms with Crippen LogP contribution in [-0.2, 0) is 0 Å². The third-order valence-electron chi connectivity index (χ3n) is 1.84. The van der Waals surface area contributed by atoms with Crippen LogP contribution in [0.4, 0.5) is 0 Å². The smallest absolute Gasteiger partial charge is 0.174 e. The molecule has 1 aromatic carbocycles. The minimum atomic E-state index is -0.0546. The Bertz CT molecular complexity index is 423. The minimum Gasteiger partial charge on any atom is -0.293 e. The number of rotatable bonds is 2. The van der Waals surface area contributed by atoms with E-state index in [9.17, 15) is 4.79 Å². The zero-order valence-electron chi connectivity index (χ0n) is 7.47. The monoisotopic (exact) mass is 363 g/mol. The number of carbonyl (C=O) groups is 1. The molecule has 0 fully saturated rings. The molecule has 1 aromatic rings.